The molecule has 5 rings (SSSR count). The Hall–Kier alpha value is -4.43. The summed E-state index contributed by atoms with van der Waals surface area (Å²) < 4.78 is 35.2. The lowest BCUT2D eigenvalue weighted by atomic mass is 10.0. The number of amides is 1. The molecule has 0 unspecified atom stereocenters. The Labute approximate surface area is 233 Å². The maximum absolute atomic E-state index is 16.0. The molecule has 206 valence electrons. The second-order valence-electron chi connectivity index (χ2n) is 8.71. The Kier molecular flexibility index (Phi) is 7.21. The van der Waals surface area contributed by atoms with Crippen LogP contribution in [0.25, 0.3) is 32.2 Å². The molecule has 15 heteroatoms. The predicted octanol–water partition coefficient (Wildman–Crippen LogP) is 3.60. The molecule has 1 aliphatic heterocycles. The van der Waals surface area contributed by atoms with E-state index in [0.717, 1.165) is 11.3 Å². The fraction of sp³-hybridized carbons (Fsp3) is 0.200. The molecule has 1 aliphatic rings. The van der Waals surface area contributed by atoms with Crippen molar-refractivity contribution >= 4 is 72.9 Å². The van der Waals surface area contributed by atoms with Gasteiger partial charge < -0.3 is 25.4 Å². The first-order valence-corrected chi connectivity index (χ1v) is 12.9. The number of carboxylic acids is 1. The van der Waals surface area contributed by atoms with Gasteiger partial charge in [0.1, 0.15) is 29.9 Å². The lowest BCUT2D eigenvalue weighted by molar-refractivity contribution is -0.151. The molecule has 1 amide bonds. The number of esters is 1. The minimum Gasteiger partial charge on any atom is -0.481 e. The van der Waals surface area contributed by atoms with Gasteiger partial charge in [-0.05, 0) is 18.2 Å². The third kappa shape index (κ3) is 4.98. The second kappa shape index (κ2) is 10.6. The molecule has 0 atom stereocenters. The molecule has 4 aromatic rings. The Morgan fingerprint density at radius 1 is 1.15 bits per heavy atom. The van der Waals surface area contributed by atoms with Crippen molar-refractivity contribution in [2.75, 3.05) is 36.8 Å². The number of benzene rings is 2. The van der Waals surface area contributed by atoms with Gasteiger partial charge in [-0.3, -0.25) is 14.4 Å². The third-order valence-corrected chi connectivity index (χ3v) is 7.41. The predicted molar refractivity (Wildman–Crippen MR) is 144 cm³/mol. The van der Waals surface area contributed by atoms with Crippen LogP contribution in [-0.2, 0) is 19.1 Å². The SMILES string of the molecule is C=C(OC(=O)CC(=O)O)C(=O)N1CCN(c2ncnc3c(F)c(-c4ccc(F)c5sc(N)nc45)c(Cl)cc23)CC1. The van der Waals surface area contributed by atoms with Crippen molar-refractivity contribution in [3.8, 4) is 11.1 Å². The maximum atomic E-state index is 16.0. The summed E-state index contributed by atoms with van der Waals surface area (Å²) in [6, 6.07) is 4.11. The highest BCUT2D eigenvalue weighted by atomic mass is 35.5. The Balaban J connectivity index is 1.40. The molecular weight excluding hydrogens is 570 g/mol. The van der Waals surface area contributed by atoms with E-state index in [4.69, 9.17) is 27.2 Å². The number of carbonyl (C=O) groups excluding carboxylic acids is 2. The smallest absolute Gasteiger partial charge is 0.322 e. The zero-order valence-electron chi connectivity index (χ0n) is 20.5. The summed E-state index contributed by atoms with van der Waals surface area (Å²) in [4.78, 5) is 50.6. The second-order valence-corrected chi connectivity index (χ2v) is 10.2. The average molecular weight is 589 g/mol. The van der Waals surface area contributed by atoms with Crippen LogP contribution < -0.4 is 10.6 Å². The number of nitrogens with two attached hydrogens (primary N) is 1. The first-order valence-electron chi connectivity index (χ1n) is 11.7. The van der Waals surface area contributed by atoms with Crippen molar-refractivity contribution in [3.63, 3.8) is 0 Å². The summed E-state index contributed by atoms with van der Waals surface area (Å²) in [5, 5.41) is 9.16. The van der Waals surface area contributed by atoms with Gasteiger partial charge in [-0.2, -0.15) is 0 Å². The van der Waals surface area contributed by atoms with E-state index in [9.17, 15) is 18.8 Å². The monoisotopic (exact) mass is 588 g/mol. The highest BCUT2D eigenvalue weighted by Crippen LogP contribution is 2.42. The van der Waals surface area contributed by atoms with Gasteiger partial charge in [-0.15, -0.1) is 0 Å². The third-order valence-electron chi connectivity index (χ3n) is 6.22. The number of aliphatic carboxylic acids is 1. The van der Waals surface area contributed by atoms with Crippen LogP contribution in [0, 0.1) is 11.6 Å². The zero-order valence-corrected chi connectivity index (χ0v) is 22.1. The van der Waals surface area contributed by atoms with Gasteiger partial charge in [-0.25, -0.2) is 23.7 Å². The van der Waals surface area contributed by atoms with Crippen LogP contribution in [0.15, 0.2) is 36.9 Å². The number of thiazole rings is 1. The number of halogens is 3. The summed E-state index contributed by atoms with van der Waals surface area (Å²) in [6.07, 6.45) is 0.312. The first kappa shape index (κ1) is 27.1. The van der Waals surface area contributed by atoms with Crippen LogP contribution in [0.4, 0.5) is 19.7 Å². The number of ether oxygens (including phenoxy) is 1. The van der Waals surface area contributed by atoms with E-state index in [1.165, 1.54) is 29.4 Å². The summed E-state index contributed by atoms with van der Waals surface area (Å²) in [6.45, 7) is 4.37. The van der Waals surface area contributed by atoms with Crippen LogP contribution in [0.1, 0.15) is 6.42 Å². The minimum absolute atomic E-state index is 0.000454. The lowest BCUT2D eigenvalue weighted by Crippen LogP contribution is -2.49. The summed E-state index contributed by atoms with van der Waals surface area (Å²) in [5.41, 5.74) is 6.22. The number of rotatable bonds is 6. The van der Waals surface area contributed by atoms with Gasteiger partial charge in [0, 0.05) is 42.7 Å². The fourth-order valence-corrected chi connectivity index (χ4v) is 5.51. The van der Waals surface area contributed by atoms with E-state index in [1.54, 1.807) is 0 Å². The molecule has 0 bridgehead atoms. The quantitative estimate of drug-likeness (QED) is 0.148. The minimum atomic E-state index is -1.39. The van der Waals surface area contributed by atoms with Crippen LogP contribution in [0.5, 0.6) is 0 Å². The molecule has 2 aromatic carbocycles. The molecule has 2 aromatic heterocycles. The number of anilines is 2. The zero-order chi connectivity index (χ0) is 28.7. The van der Waals surface area contributed by atoms with Gasteiger partial charge >= 0.3 is 11.9 Å². The van der Waals surface area contributed by atoms with E-state index in [0.29, 0.717) is 11.2 Å². The molecule has 1 fully saturated rings. The van der Waals surface area contributed by atoms with Crippen molar-refractivity contribution in [2.45, 2.75) is 6.42 Å². The molecule has 1 saturated heterocycles. The number of fused-ring (bicyclic) bond motifs is 2. The molecule has 0 saturated carbocycles. The van der Waals surface area contributed by atoms with E-state index in [1.807, 2.05) is 4.90 Å². The van der Waals surface area contributed by atoms with E-state index in [-0.39, 0.29) is 63.2 Å². The summed E-state index contributed by atoms with van der Waals surface area (Å²) in [7, 11) is 0. The summed E-state index contributed by atoms with van der Waals surface area (Å²) >= 11 is 7.51. The topological polar surface area (TPSA) is 152 Å². The van der Waals surface area contributed by atoms with Gasteiger partial charge in [0.2, 0.25) is 0 Å². The average Bonchev–Trinajstić information content (AvgIpc) is 3.31. The molecular formula is C25H19ClF2N6O5S. The molecule has 11 nitrogen and oxygen atoms in total. The number of piperazine rings is 1. The molecule has 0 spiro atoms. The molecule has 3 N–H and O–H groups in total. The van der Waals surface area contributed by atoms with Crippen molar-refractivity contribution in [1.82, 2.24) is 19.9 Å². The van der Waals surface area contributed by atoms with E-state index >= 15 is 4.39 Å². The molecule has 0 aliphatic carbocycles. The summed E-state index contributed by atoms with van der Waals surface area (Å²) in [5.74, 6) is -4.51. The van der Waals surface area contributed by atoms with Gasteiger partial charge in [-0.1, -0.05) is 29.5 Å². The van der Waals surface area contributed by atoms with Crippen molar-refractivity contribution in [1.29, 1.82) is 0 Å². The van der Waals surface area contributed by atoms with Gasteiger partial charge in [0.05, 0.1) is 15.2 Å². The number of aromatic nitrogens is 3. The standard InChI is InChI=1S/C25H19ClF2N6O5S/c1-11(39-17(37)9-16(35)36)24(38)34-6-4-33(5-7-34)23-13-8-14(26)18(19(28)20(13)30-10-31-23)12-2-3-15(27)22-21(12)32-25(29)40-22/h2-3,8,10H,1,4-7,9H2,(H2,29,32)(H,35,36). The number of carbonyl (C=O) groups is 3. The number of carboxylic acid groups (broad SMARTS) is 1. The molecule has 0 radical (unpaired) electrons. The van der Waals surface area contributed by atoms with Crippen LogP contribution in [0.2, 0.25) is 5.02 Å². The van der Waals surface area contributed by atoms with Crippen LogP contribution >= 0.6 is 22.9 Å². The normalized spacial score (nSPS) is 13.6. The van der Waals surface area contributed by atoms with Crippen molar-refractivity contribution in [3.05, 3.63) is 53.5 Å². The van der Waals surface area contributed by atoms with Crippen LogP contribution in [-0.4, -0.2) is 69.0 Å². The van der Waals surface area contributed by atoms with Crippen LogP contribution in [0.3, 0.4) is 0 Å². The highest BCUT2D eigenvalue weighted by Gasteiger charge is 2.28. The molecule has 40 heavy (non-hydrogen) atoms. The number of nitrogen functional groups attached to an aromatic ring is 1. The van der Waals surface area contributed by atoms with Crippen molar-refractivity contribution in [2.24, 2.45) is 0 Å². The maximum Gasteiger partial charge on any atom is 0.322 e. The van der Waals surface area contributed by atoms with E-state index < -0.39 is 41.7 Å². The lowest BCUT2D eigenvalue weighted by Gasteiger charge is -2.35. The highest BCUT2D eigenvalue weighted by molar-refractivity contribution is 7.22. The number of nitrogens with zero attached hydrogens (tertiary/aromatic N) is 5. The van der Waals surface area contributed by atoms with Gasteiger partial charge in [0.25, 0.3) is 5.91 Å². The first-order chi connectivity index (χ1) is 19.0. The van der Waals surface area contributed by atoms with Gasteiger partial charge in [0.15, 0.2) is 16.7 Å². The largest absolute Gasteiger partial charge is 0.481 e. The fourth-order valence-electron chi connectivity index (χ4n) is 4.45. The Bertz CT molecular complexity index is 1720. The molecule has 3 heterocycles. The Morgan fingerprint density at radius 2 is 1.88 bits per heavy atom. The number of hydrogen-bond acceptors (Lipinski definition) is 10. The number of hydrogen-bond donors (Lipinski definition) is 2. The van der Waals surface area contributed by atoms with E-state index in [2.05, 4.69) is 21.5 Å². The Morgan fingerprint density at radius 3 is 2.58 bits per heavy atom. The van der Waals surface area contributed by atoms with Crippen molar-refractivity contribution < 1.29 is 33.0 Å².